The van der Waals surface area contributed by atoms with E-state index in [1.807, 2.05) is 0 Å². The fourth-order valence-corrected chi connectivity index (χ4v) is 4.36. The van der Waals surface area contributed by atoms with Crippen molar-refractivity contribution < 1.29 is 0 Å². The summed E-state index contributed by atoms with van der Waals surface area (Å²) in [5, 5.41) is 3.70. The van der Waals surface area contributed by atoms with Gasteiger partial charge in [0.25, 0.3) is 0 Å². The highest BCUT2D eigenvalue weighted by atomic mass is 16.3. The van der Waals surface area contributed by atoms with Gasteiger partial charge in [0.05, 0.1) is 0 Å². The second-order valence-electron chi connectivity index (χ2n) is 11.2. The first-order chi connectivity index (χ1) is 13.6. The molecule has 0 amide bonds. The van der Waals surface area contributed by atoms with Gasteiger partial charge in [-0.15, -0.1) is 4.91 Å². The second kappa shape index (κ2) is 7.07. The summed E-state index contributed by atoms with van der Waals surface area (Å²) in [4.78, 5) is 12.2. The fourth-order valence-electron chi connectivity index (χ4n) is 4.36. The average molecular weight is 390 g/mol. The topological polar surface area (TPSA) is 29.4 Å². The van der Waals surface area contributed by atoms with Crippen LogP contribution in [0.3, 0.4) is 0 Å². The number of benzene rings is 2. The van der Waals surface area contributed by atoms with E-state index in [4.69, 9.17) is 0 Å². The monoisotopic (exact) mass is 389 g/mol. The smallest absolute Gasteiger partial charge is 0.142 e. The SMILES string of the molecule is CC(C)(C)c1ccc(C(N=O)c2ccc(C(C)(C)C)cc2C2CC2)c(C2CC2)c1. The number of hydrogen-bond donors (Lipinski definition) is 0. The highest BCUT2D eigenvalue weighted by Crippen LogP contribution is 2.49. The molecule has 2 nitrogen and oxygen atoms in total. The van der Waals surface area contributed by atoms with Gasteiger partial charge in [-0.25, -0.2) is 0 Å². The van der Waals surface area contributed by atoms with E-state index >= 15 is 0 Å². The van der Waals surface area contributed by atoms with Gasteiger partial charge in [-0.1, -0.05) is 83.1 Å². The first-order valence-electron chi connectivity index (χ1n) is 11.2. The summed E-state index contributed by atoms with van der Waals surface area (Å²) in [5.74, 6) is 1.18. The van der Waals surface area contributed by atoms with Crippen LogP contribution in [-0.2, 0) is 10.8 Å². The van der Waals surface area contributed by atoms with Gasteiger partial charge < -0.3 is 0 Å². The van der Waals surface area contributed by atoms with E-state index in [1.54, 1.807) is 0 Å². The summed E-state index contributed by atoms with van der Waals surface area (Å²) < 4.78 is 0. The zero-order valence-electron chi connectivity index (χ0n) is 18.9. The molecular weight excluding hydrogens is 354 g/mol. The van der Waals surface area contributed by atoms with E-state index in [2.05, 4.69) is 83.1 Å². The van der Waals surface area contributed by atoms with Crippen molar-refractivity contribution in [2.75, 3.05) is 0 Å². The minimum Gasteiger partial charge on any atom is -0.150 e. The Morgan fingerprint density at radius 3 is 1.38 bits per heavy atom. The highest BCUT2D eigenvalue weighted by Gasteiger charge is 2.34. The Kier molecular flexibility index (Phi) is 4.96. The predicted molar refractivity (Wildman–Crippen MR) is 122 cm³/mol. The molecular formula is C27H35NO. The van der Waals surface area contributed by atoms with Crippen LogP contribution in [0, 0.1) is 4.91 Å². The summed E-state index contributed by atoms with van der Waals surface area (Å²) >= 11 is 0. The van der Waals surface area contributed by atoms with Crippen molar-refractivity contribution >= 4 is 0 Å². The number of rotatable bonds is 5. The van der Waals surface area contributed by atoms with Crippen molar-refractivity contribution in [1.82, 2.24) is 0 Å². The van der Waals surface area contributed by atoms with Crippen LogP contribution in [-0.4, -0.2) is 0 Å². The number of nitrogens with zero attached hydrogens (tertiary/aromatic N) is 1. The molecule has 0 spiro atoms. The van der Waals surface area contributed by atoms with Gasteiger partial charge in [-0.2, -0.15) is 0 Å². The highest BCUT2D eigenvalue weighted by molar-refractivity contribution is 5.49. The second-order valence-corrected chi connectivity index (χ2v) is 11.2. The van der Waals surface area contributed by atoms with Crippen molar-refractivity contribution in [1.29, 1.82) is 0 Å². The van der Waals surface area contributed by atoms with Crippen molar-refractivity contribution in [3.05, 3.63) is 74.7 Å². The fraction of sp³-hybridized carbons (Fsp3) is 0.556. The molecule has 0 N–H and O–H groups in total. The minimum absolute atomic E-state index is 0.111. The molecule has 2 saturated carbocycles. The first-order valence-corrected chi connectivity index (χ1v) is 11.2. The van der Waals surface area contributed by atoms with Crippen molar-refractivity contribution in [3.8, 4) is 0 Å². The molecule has 2 fully saturated rings. The number of hydrogen-bond acceptors (Lipinski definition) is 2. The van der Waals surface area contributed by atoms with Crippen LogP contribution >= 0.6 is 0 Å². The van der Waals surface area contributed by atoms with Gasteiger partial charge in [0.1, 0.15) is 6.04 Å². The van der Waals surface area contributed by atoms with Gasteiger partial charge in [0, 0.05) is 0 Å². The zero-order valence-corrected chi connectivity index (χ0v) is 18.9. The Morgan fingerprint density at radius 2 is 1.10 bits per heavy atom. The van der Waals surface area contributed by atoms with E-state index in [0.29, 0.717) is 11.8 Å². The average Bonchev–Trinajstić information content (AvgIpc) is 3.54. The Morgan fingerprint density at radius 1 is 0.724 bits per heavy atom. The van der Waals surface area contributed by atoms with Gasteiger partial charge in [0.2, 0.25) is 0 Å². The minimum atomic E-state index is -0.399. The van der Waals surface area contributed by atoms with Gasteiger partial charge in [0.15, 0.2) is 0 Å². The van der Waals surface area contributed by atoms with Crippen molar-refractivity contribution in [2.45, 2.75) is 95.9 Å². The molecule has 0 unspecified atom stereocenters. The summed E-state index contributed by atoms with van der Waals surface area (Å²) in [5.41, 5.74) is 7.87. The van der Waals surface area contributed by atoms with Crippen molar-refractivity contribution in [2.24, 2.45) is 5.18 Å². The molecule has 0 bridgehead atoms. The normalized spacial score (nSPS) is 17.6. The molecule has 0 aliphatic heterocycles. The summed E-state index contributed by atoms with van der Waals surface area (Å²) in [6.45, 7) is 13.5. The Bertz CT molecular complexity index is 847. The molecule has 0 saturated heterocycles. The van der Waals surface area contributed by atoms with E-state index in [9.17, 15) is 4.91 Å². The lowest BCUT2D eigenvalue weighted by atomic mass is 9.80. The van der Waals surface area contributed by atoms with Gasteiger partial charge in [-0.3, -0.25) is 0 Å². The molecule has 4 rings (SSSR count). The van der Waals surface area contributed by atoms with Crippen LogP contribution < -0.4 is 0 Å². The van der Waals surface area contributed by atoms with Gasteiger partial charge in [-0.05, 0) is 81.7 Å². The Balaban J connectivity index is 1.82. The molecule has 2 aliphatic carbocycles. The predicted octanol–water partition coefficient (Wildman–Crippen LogP) is 7.89. The van der Waals surface area contributed by atoms with E-state index < -0.39 is 6.04 Å². The van der Waals surface area contributed by atoms with Crippen LogP contribution in [0.1, 0.15) is 118 Å². The largest absolute Gasteiger partial charge is 0.150 e. The lowest BCUT2D eigenvalue weighted by molar-refractivity contribution is 0.587. The van der Waals surface area contributed by atoms with Crippen LogP contribution in [0.15, 0.2) is 41.6 Å². The summed E-state index contributed by atoms with van der Waals surface area (Å²) in [6, 6.07) is 13.1. The molecule has 154 valence electrons. The molecule has 2 heteroatoms. The summed E-state index contributed by atoms with van der Waals surface area (Å²) in [6.07, 6.45) is 4.91. The van der Waals surface area contributed by atoms with E-state index in [1.165, 1.54) is 47.9 Å². The molecule has 0 heterocycles. The van der Waals surface area contributed by atoms with Crippen LogP contribution in [0.4, 0.5) is 0 Å². The molecule has 0 aromatic heterocycles. The third-order valence-corrected chi connectivity index (χ3v) is 6.63. The first kappa shape index (κ1) is 20.3. The van der Waals surface area contributed by atoms with E-state index in [-0.39, 0.29) is 10.8 Å². The molecule has 2 aromatic carbocycles. The van der Waals surface area contributed by atoms with Crippen LogP contribution in [0.5, 0.6) is 0 Å². The third kappa shape index (κ3) is 4.17. The standard InChI is InChI=1S/C27H35NO/c1-26(2,3)19-11-13-21(23(15-19)17-7-8-17)25(28-29)22-14-12-20(27(4,5)6)16-24(22)18-9-10-18/h11-18,25H,7-10H2,1-6H3. The lowest BCUT2D eigenvalue weighted by Crippen LogP contribution is -2.14. The molecule has 2 aliphatic rings. The van der Waals surface area contributed by atoms with Gasteiger partial charge >= 0.3 is 0 Å². The molecule has 29 heavy (non-hydrogen) atoms. The van der Waals surface area contributed by atoms with Crippen LogP contribution in [0.2, 0.25) is 0 Å². The molecule has 2 aromatic rings. The molecule has 0 radical (unpaired) electrons. The molecule has 0 atom stereocenters. The van der Waals surface area contributed by atoms with Crippen LogP contribution in [0.25, 0.3) is 0 Å². The maximum Gasteiger partial charge on any atom is 0.142 e. The third-order valence-electron chi connectivity index (χ3n) is 6.63. The Hall–Kier alpha value is -1.96. The maximum atomic E-state index is 12.2. The summed E-state index contributed by atoms with van der Waals surface area (Å²) in [7, 11) is 0. The lowest BCUT2D eigenvalue weighted by Gasteiger charge is -2.25. The van der Waals surface area contributed by atoms with Crippen molar-refractivity contribution in [3.63, 3.8) is 0 Å². The number of nitroso groups, excluding NO2 is 1. The quantitative estimate of drug-likeness (QED) is 0.478. The maximum absolute atomic E-state index is 12.2. The zero-order chi connectivity index (χ0) is 21.0. The Labute approximate surface area is 176 Å². The van der Waals surface area contributed by atoms with E-state index in [0.717, 1.165) is 11.1 Å².